The number of piperidine rings is 1. The molecule has 0 atom stereocenters. The molecule has 1 aromatic carbocycles. The molecule has 0 N–H and O–H groups in total. The average molecular weight is 462 g/mol. The fourth-order valence-corrected chi connectivity index (χ4v) is 4.16. The number of hydrogen-bond donors (Lipinski definition) is 0. The van der Waals surface area contributed by atoms with Gasteiger partial charge >= 0.3 is 0 Å². The number of aromatic nitrogens is 2. The molecule has 0 spiro atoms. The van der Waals surface area contributed by atoms with Crippen molar-refractivity contribution in [3.63, 3.8) is 0 Å². The Morgan fingerprint density at radius 1 is 1.00 bits per heavy atom. The van der Waals surface area contributed by atoms with E-state index in [0.29, 0.717) is 50.1 Å². The largest absolute Gasteiger partial charge is 0.343 e. The molecule has 0 aliphatic carbocycles. The highest BCUT2D eigenvalue weighted by Crippen LogP contribution is 2.17. The van der Waals surface area contributed by atoms with Crippen LogP contribution >= 0.6 is 12.4 Å². The minimum absolute atomic E-state index is 0. The zero-order valence-corrected chi connectivity index (χ0v) is 19.4. The highest BCUT2D eigenvalue weighted by molar-refractivity contribution is 5.94. The smallest absolute Gasteiger partial charge is 0.253 e. The number of piperazine rings is 1. The lowest BCUT2D eigenvalue weighted by Gasteiger charge is -2.34. The van der Waals surface area contributed by atoms with E-state index in [1.165, 1.54) is 0 Å². The third-order valence-corrected chi connectivity index (χ3v) is 6.24. The van der Waals surface area contributed by atoms with Crippen LogP contribution in [0.25, 0.3) is 0 Å². The molecule has 2 aliphatic heterocycles. The maximum atomic E-state index is 12.6. The topological polar surface area (TPSA) is 82.8 Å². The van der Waals surface area contributed by atoms with Gasteiger partial charge in [-0.3, -0.25) is 14.5 Å². The first-order valence-corrected chi connectivity index (χ1v) is 11.2. The monoisotopic (exact) mass is 461 g/mol. The summed E-state index contributed by atoms with van der Waals surface area (Å²) in [4.78, 5) is 35.5. The second-order valence-electron chi connectivity index (χ2n) is 8.60. The van der Waals surface area contributed by atoms with Crippen LogP contribution in [-0.4, -0.2) is 75.9 Å². The van der Waals surface area contributed by atoms with Crippen molar-refractivity contribution in [2.24, 2.45) is 5.92 Å². The normalized spacial score (nSPS) is 17.8. The predicted molar refractivity (Wildman–Crippen MR) is 122 cm³/mol. The Balaban J connectivity index is 0.00000289. The van der Waals surface area contributed by atoms with Crippen LogP contribution in [0.3, 0.4) is 0 Å². The molecule has 0 radical (unpaired) electrons. The Morgan fingerprint density at radius 3 is 2.38 bits per heavy atom. The summed E-state index contributed by atoms with van der Waals surface area (Å²) >= 11 is 0. The molecule has 0 bridgehead atoms. The molecule has 1 aromatic heterocycles. The van der Waals surface area contributed by atoms with E-state index in [2.05, 4.69) is 22.0 Å². The number of rotatable bonds is 6. The van der Waals surface area contributed by atoms with Gasteiger partial charge in [0.05, 0.1) is 6.54 Å². The SMILES string of the molecule is CC1CCN(C(=O)CCc2nc(CN3CCN(C(=O)c4ccccc4)CC3)no2)CC1.Cl. The summed E-state index contributed by atoms with van der Waals surface area (Å²) in [6, 6.07) is 9.39. The third-order valence-electron chi connectivity index (χ3n) is 6.24. The van der Waals surface area contributed by atoms with Crippen molar-refractivity contribution in [3.8, 4) is 0 Å². The van der Waals surface area contributed by atoms with Crippen molar-refractivity contribution in [3.05, 3.63) is 47.6 Å². The molecule has 2 aromatic rings. The lowest BCUT2D eigenvalue weighted by molar-refractivity contribution is -0.132. The number of aryl methyl sites for hydroxylation is 1. The lowest BCUT2D eigenvalue weighted by atomic mass is 9.99. The van der Waals surface area contributed by atoms with Crippen LogP contribution in [0.4, 0.5) is 0 Å². The number of likely N-dealkylation sites (tertiary alicyclic amines) is 1. The molecule has 8 nitrogen and oxygen atoms in total. The van der Waals surface area contributed by atoms with Gasteiger partial charge in [-0.05, 0) is 30.9 Å². The molecule has 2 amide bonds. The Kier molecular flexibility index (Phi) is 8.64. The predicted octanol–water partition coefficient (Wildman–Crippen LogP) is 2.64. The Hall–Kier alpha value is -2.45. The number of nitrogens with zero attached hydrogens (tertiary/aromatic N) is 5. The number of amides is 2. The Bertz CT molecular complexity index is 875. The van der Waals surface area contributed by atoms with E-state index >= 15 is 0 Å². The van der Waals surface area contributed by atoms with Crippen molar-refractivity contribution in [1.29, 1.82) is 0 Å². The van der Waals surface area contributed by atoms with E-state index in [-0.39, 0.29) is 24.2 Å². The van der Waals surface area contributed by atoms with E-state index < -0.39 is 0 Å². The minimum Gasteiger partial charge on any atom is -0.343 e. The Labute approximate surface area is 195 Å². The highest BCUT2D eigenvalue weighted by atomic mass is 35.5. The van der Waals surface area contributed by atoms with E-state index in [9.17, 15) is 9.59 Å². The first-order chi connectivity index (χ1) is 15.1. The number of benzene rings is 1. The van der Waals surface area contributed by atoms with Crippen molar-refractivity contribution in [2.45, 2.75) is 39.2 Å². The maximum Gasteiger partial charge on any atom is 0.253 e. The Morgan fingerprint density at radius 2 is 1.69 bits per heavy atom. The van der Waals surface area contributed by atoms with E-state index in [1.54, 1.807) is 0 Å². The van der Waals surface area contributed by atoms with Crippen LogP contribution in [-0.2, 0) is 17.8 Å². The van der Waals surface area contributed by atoms with Gasteiger partial charge in [-0.1, -0.05) is 30.3 Å². The maximum absolute atomic E-state index is 12.6. The summed E-state index contributed by atoms with van der Waals surface area (Å²) in [7, 11) is 0. The van der Waals surface area contributed by atoms with Gasteiger partial charge in [0.1, 0.15) is 0 Å². The van der Waals surface area contributed by atoms with Crippen LogP contribution in [0.1, 0.15) is 48.3 Å². The second kappa shape index (κ2) is 11.4. The number of carbonyl (C=O) groups excluding carboxylic acids is 2. The van der Waals surface area contributed by atoms with Crippen LogP contribution < -0.4 is 0 Å². The van der Waals surface area contributed by atoms with Crippen molar-refractivity contribution < 1.29 is 14.1 Å². The molecule has 9 heteroatoms. The third kappa shape index (κ3) is 6.29. The first-order valence-electron chi connectivity index (χ1n) is 11.2. The van der Waals surface area contributed by atoms with Gasteiger partial charge in [0, 0.05) is 57.7 Å². The fourth-order valence-electron chi connectivity index (χ4n) is 4.16. The van der Waals surface area contributed by atoms with E-state index in [0.717, 1.165) is 44.6 Å². The lowest BCUT2D eigenvalue weighted by Crippen LogP contribution is -2.48. The van der Waals surface area contributed by atoms with Gasteiger partial charge in [0.25, 0.3) is 5.91 Å². The van der Waals surface area contributed by atoms with Crippen LogP contribution in [0.15, 0.2) is 34.9 Å². The van der Waals surface area contributed by atoms with E-state index in [4.69, 9.17) is 4.52 Å². The van der Waals surface area contributed by atoms with Gasteiger partial charge < -0.3 is 14.3 Å². The number of carbonyl (C=O) groups is 2. The molecule has 0 saturated carbocycles. The number of hydrogen-bond acceptors (Lipinski definition) is 6. The first kappa shape index (κ1) is 24.2. The molecule has 4 rings (SSSR count). The van der Waals surface area contributed by atoms with Gasteiger partial charge in [0.2, 0.25) is 11.8 Å². The molecule has 3 heterocycles. The van der Waals surface area contributed by atoms with Crippen LogP contribution in [0.5, 0.6) is 0 Å². The molecule has 32 heavy (non-hydrogen) atoms. The van der Waals surface area contributed by atoms with Crippen LogP contribution in [0.2, 0.25) is 0 Å². The molecular formula is C23H32ClN5O3. The van der Waals surface area contributed by atoms with E-state index in [1.807, 2.05) is 40.1 Å². The van der Waals surface area contributed by atoms with Crippen molar-refractivity contribution in [2.75, 3.05) is 39.3 Å². The summed E-state index contributed by atoms with van der Waals surface area (Å²) in [6.45, 7) is 7.45. The summed E-state index contributed by atoms with van der Waals surface area (Å²) in [5, 5.41) is 4.08. The number of halogens is 1. The van der Waals surface area contributed by atoms with Gasteiger partial charge in [-0.15, -0.1) is 12.4 Å². The zero-order valence-electron chi connectivity index (χ0n) is 18.6. The van der Waals surface area contributed by atoms with Crippen molar-refractivity contribution >= 4 is 24.2 Å². The van der Waals surface area contributed by atoms with Crippen molar-refractivity contribution in [1.82, 2.24) is 24.8 Å². The molecule has 0 unspecified atom stereocenters. The summed E-state index contributed by atoms with van der Waals surface area (Å²) < 4.78 is 5.36. The quantitative estimate of drug-likeness (QED) is 0.657. The highest BCUT2D eigenvalue weighted by Gasteiger charge is 2.24. The molecule has 2 fully saturated rings. The van der Waals surface area contributed by atoms with Gasteiger partial charge in [-0.2, -0.15) is 4.98 Å². The minimum atomic E-state index is 0. The average Bonchev–Trinajstić information content (AvgIpc) is 3.26. The van der Waals surface area contributed by atoms with Gasteiger partial charge in [-0.25, -0.2) is 0 Å². The molecular weight excluding hydrogens is 430 g/mol. The summed E-state index contributed by atoms with van der Waals surface area (Å²) in [6.07, 6.45) is 3.06. The zero-order chi connectivity index (χ0) is 21.6. The summed E-state index contributed by atoms with van der Waals surface area (Å²) in [5.41, 5.74) is 0.729. The summed E-state index contributed by atoms with van der Waals surface area (Å²) in [5.74, 6) is 2.12. The second-order valence-corrected chi connectivity index (χ2v) is 8.60. The molecule has 2 saturated heterocycles. The fraction of sp³-hybridized carbons (Fsp3) is 0.565. The standard InChI is InChI=1S/C23H31N5O3.ClH/c1-18-9-11-27(12-10-18)22(29)8-7-21-24-20(25-31-21)17-26-13-15-28(16-14-26)23(30)19-5-3-2-4-6-19;/h2-6,18H,7-17H2,1H3;1H. The molecule has 174 valence electrons. The molecule has 2 aliphatic rings. The van der Waals surface area contributed by atoms with Crippen LogP contribution in [0, 0.1) is 5.92 Å². The van der Waals surface area contributed by atoms with Gasteiger partial charge in [0.15, 0.2) is 5.82 Å².